The fourth-order valence-corrected chi connectivity index (χ4v) is 3.29. The van der Waals surface area contributed by atoms with Crippen molar-refractivity contribution in [1.82, 2.24) is 20.1 Å². The van der Waals surface area contributed by atoms with Gasteiger partial charge in [0.05, 0.1) is 30.6 Å². The number of esters is 1. The van der Waals surface area contributed by atoms with Crippen LogP contribution in [0.4, 0.5) is 0 Å². The third kappa shape index (κ3) is 3.11. The van der Waals surface area contributed by atoms with Gasteiger partial charge in [-0.1, -0.05) is 12.1 Å². The van der Waals surface area contributed by atoms with E-state index in [2.05, 4.69) is 10.3 Å². The number of carbonyl (C=O) groups is 1. The lowest BCUT2D eigenvalue weighted by Crippen LogP contribution is -2.24. The summed E-state index contributed by atoms with van der Waals surface area (Å²) in [5, 5.41) is 8.31. The normalized spacial score (nSPS) is 13.3. The number of rotatable bonds is 4. The van der Waals surface area contributed by atoms with E-state index in [1.807, 2.05) is 47.3 Å². The van der Waals surface area contributed by atoms with Gasteiger partial charge in [0.1, 0.15) is 0 Å². The third-order valence-corrected chi connectivity index (χ3v) is 4.62. The zero-order chi connectivity index (χ0) is 17.9. The topological polar surface area (TPSA) is 69.0 Å². The Hall–Kier alpha value is -2.99. The van der Waals surface area contributed by atoms with E-state index in [1.165, 1.54) is 18.4 Å². The van der Waals surface area contributed by atoms with Crippen molar-refractivity contribution in [3.63, 3.8) is 0 Å². The minimum Gasteiger partial charge on any atom is -0.469 e. The second kappa shape index (κ2) is 7.09. The lowest BCUT2D eigenvalue weighted by atomic mass is 10.0. The van der Waals surface area contributed by atoms with Gasteiger partial charge in [0, 0.05) is 43.0 Å². The number of pyridine rings is 1. The van der Waals surface area contributed by atoms with Crippen molar-refractivity contribution in [3.05, 3.63) is 65.6 Å². The number of fused-ring (bicyclic) bond motifs is 1. The second-order valence-corrected chi connectivity index (χ2v) is 6.27. The fraction of sp³-hybridized carbons (Fsp3) is 0.250. The van der Waals surface area contributed by atoms with Crippen LogP contribution in [0.1, 0.15) is 16.8 Å². The maximum absolute atomic E-state index is 11.4. The Labute approximate surface area is 151 Å². The molecule has 1 N–H and O–H groups in total. The molecule has 3 aromatic rings. The molecule has 1 aromatic carbocycles. The Bertz CT molecular complexity index is 917. The zero-order valence-corrected chi connectivity index (χ0v) is 14.6. The first-order chi connectivity index (χ1) is 12.8. The molecule has 1 aliphatic rings. The average Bonchev–Trinajstić information content (AvgIpc) is 3.09. The number of hydrogen-bond acceptors (Lipinski definition) is 5. The highest BCUT2D eigenvalue weighted by molar-refractivity contribution is 5.72. The molecule has 1 aliphatic heterocycles. The van der Waals surface area contributed by atoms with E-state index in [-0.39, 0.29) is 12.4 Å². The molecule has 0 aliphatic carbocycles. The summed E-state index contributed by atoms with van der Waals surface area (Å²) in [6.07, 6.45) is 4.82. The number of benzene rings is 1. The molecule has 0 amide bonds. The van der Waals surface area contributed by atoms with E-state index in [1.54, 1.807) is 6.20 Å². The monoisotopic (exact) mass is 348 g/mol. The van der Waals surface area contributed by atoms with E-state index in [4.69, 9.17) is 9.84 Å². The van der Waals surface area contributed by atoms with Crippen LogP contribution in [0.2, 0.25) is 0 Å². The van der Waals surface area contributed by atoms with Crippen molar-refractivity contribution in [2.75, 3.05) is 13.7 Å². The Kier molecular flexibility index (Phi) is 4.50. The molecule has 6 nitrogen and oxygen atoms in total. The molecular formula is C20H20N4O2. The zero-order valence-electron chi connectivity index (χ0n) is 14.6. The van der Waals surface area contributed by atoms with Gasteiger partial charge in [-0.25, -0.2) is 4.68 Å². The van der Waals surface area contributed by atoms with Crippen LogP contribution in [0.5, 0.6) is 0 Å². The minimum atomic E-state index is -0.237. The van der Waals surface area contributed by atoms with Gasteiger partial charge in [-0.3, -0.25) is 9.78 Å². The Balaban J connectivity index is 1.73. The Morgan fingerprint density at radius 2 is 2.12 bits per heavy atom. The van der Waals surface area contributed by atoms with Crippen LogP contribution in [0.15, 0.2) is 48.8 Å². The minimum absolute atomic E-state index is 0.237. The van der Waals surface area contributed by atoms with Crippen molar-refractivity contribution in [2.24, 2.45) is 0 Å². The highest BCUT2D eigenvalue weighted by atomic mass is 16.5. The molecule has 2 aromatic heterocycles. The lowest BCUT2D eigenvalue weighted by Gasteiger charge is -2.16. The third-order valence-electron chi connectivity index (χ3n) is 4.62. The number of carbonyl (C=O) groups excluding carboxylic acids is 1. The standard InChI is InChI=1S/C20H20N4O2/c1-26-19(25)11-14-4-6-16(7-5-14)24-18-8-10-22-13-17(18)20(23-24)15-3-2-9-21-12-15/h2-7,9,12,22H,8,10-11,13H2,1H3. The van der Waals surface area contributed by atoms with Crippen molar-refractivity contribution in [1.29, 1.82) is 0 Å². The van der Waals surface area contributed by atoms with Crippen LogP contribution in [-0.2, 0) is 28.9 Å². The van der Waals surface area contributed by atoms with Crippen LogP contribution in [0.25, 0.3) is 16.9 Å². The molecule has 3 heterocycles. The van der Waals surface area contributed by atoms with Crippen LogP contribution in [0.3, 0.4) is 0 Å². The summed E-state index contributed by atoms with van der Waals surface area (Å²) < 4.78 is 6.74. The van der Waals surface area contributed by atoms with Crippen LogP contribution in [-0.4, -0.2) is 34.4 Å². The number of nitrogens with one attached hydrogen (secondary N) is 1. The summed E-state index contributed by atoms with van der Waals surface area (Å²) in [7, 11) is 1.40. The first-order valence-corrected chi connectivity index (χ1v) is 8.64. The number of methoxy groups -OCH3 is 1. The first-order valence-electron chi connectivity index (χ1n) is 8.64. The summed E-state index contributed by atoms with van der Waals surface area (Å²) >= 11 is 0. The molecule has 0 saturated carbocycles. The molecule has 0 bridgehead atoms. The van der Waals surface area contributed by atoms with Crippen molar-refractivity contribution in [3.8, 4) is 16.9 Å². The van der Waals surface area contributed by atoms with E-state index in [0.29, 0.717) is 0 Å². The Morgan fingerprint density at radius 3 is 2.85 bits per heavy atom. The van der Waals surface area contributed by atoms with E-state index in [9.17, 15) is 4.79 Å². The smallest absolute Gasteiger partial charge is 0.309 e. The van der Waals surface area contributed by atoms with Gasteiger partial charge in [0.25, 0.3) is 0 Å². The van der Waals surface area contributed by atoms with Crippen molar-refractivity contribution >= 4 is 5.97 Å². The summed E-state index contributed by atoms with van der Waals surface area (Å²) in [6, 6.07) is 11.9. The van der Waals surface area contributed by atoms with Crippen LogP contribution >= 0.6 is 0 Å². The predicted molar refractivity (Wildman–Crippen MR) is 97.9 cm³/mol. The maximum atomic E-state index is 11.4. The van der Waals surface area contributed by atoms with Crippen LogP contribution < -0.4 is 5.32 Å². The molecule has 0 atom stereocenters. The molecule has 132 valence electrons. The van der Waals surface area contributed by atoms with E-state index < -0.39 is 0 Å². The van der Waals surface area contributed by atoms with E-state index >= 15 is 0 Å². The number of ether oxygens (including phenoxy) is 1. The molecular weight excluding hydrogens is 328 g/mol. The molecule has 0 fully saturated rings. The average molecular weight is 348 g/mol. The maximum Gasteiger partial charge on any atom is 0.309 e. The van der Waals surface area contributed by atoms with Gasteiger partial charge >= 0.3 is 5.97 Å². The summed E-state index contributed by atoms with van der Waals surface area (Å²) in [5.74, 6) is -0.237. The van der Waals surface area contributed by atoms with Crippen molar-refractivity contribution < 1.29 is 9.53 Å². The molecule has 0 spiro atoms. The SMILES string of the molecule is COC(=O)Cc1ccc(-n2nc(-c3cccnc3)c3c2CCNC3)cc1. The van der Waals surface area contributed by atoms with Gasteiger partial charge in [-0.15, -0.1) is 0 Å². The number of aromatic nitrogens is 3. The first kappa shape index (κ1) is 16.5. The lowest BCUT2D eigenvalue weighted by molar-refractivity contribution is -0.139. The van der Waals surface area contributed by atoms with Gasteiger partial charge in [0.2, 0.25) is 0 Å². The van der Waals surface area contributed by atoms with Gasteiger partial charge in [0.15, 0.2) is 0 Å². The number of hydrogen-bond donors (Lipinski definition) is 1. The van der Waals surface area contributed by atoms with E-state index in [0.717, 1.165) is 42.0 Å². The largest absolute Gasteiger partial charge is 0.469 e. The molecule has 26 heavy (non-hydrogen) atoms. The highest BCUT2D eigenvalue weighted by Crippen LogP contribution is 2.29. The van der Waals surface area contributed by atoms with Crippen LogP contribution in [0, 0.1) is 0 Å². The number of nitrogens with zero attached hydrogens (tertiary/aromatic N) is 3. The Morgan fingerprint density at radius 1 is 1.27 bits per heavy atom. The summed E-state index contributed by atoms with van der Waals surface area (Å²) in [6.45, 7) is 1.74. The molecule has 6 heteroatoms. The van der Waals surface area contributed by atoms with Gasteiger partial charge in [-0.2, -0.15) is 5.10 Å². The predicted octanol–water partition coefficient (Wildman–Crippen LogP) is 2.30. The molecule has 0 radical (unpaired) electrons. The molecule has 0 saturated heterocycles. The van der Waals surface area contributed by atoms with Gasteiger partial charge in [-0.05, 0) is 29.8 Å². The van der Waals surface area contributed by atoms with Gasteiger partial charge < -0.3 is 10.1 Å². The summed E-state index contributed by atoms with van der Waals surface area (Å²) in [5.41, 5.74) is 6.36. The van der Waals surface area contributed by atoms with Crippen molar-refractivity contribution in [2.45, 2.75) is 19.4 Å². The molecule has 4 rings (SSSR count). The summed E-state index contributed by atoms with van der Waals surface area (Å²) in [4.78, 5) is 15.7. The quantitative estimate of drug-likeness (QED) is 0.733. The molecule has 0 unspecified atom stereocenters. The second-order valence-electron chi connectivity index (χ2n) is 6.27. The fourth-order valence-electron chi connectivity index (χ4n) is 3.29. The highest BCUT2D eigenvalue weighted by Gasteiger charge is 2.22.